The fourth-order valence-corrected chi connectivity index (χ4v) is 3.48. The van der Waals surface area contributed by atoms with Crippen LogP contribution >= 0.6 is 0 Å². The van der Waals surface area contributed by atoms with Crippen LogP contribution in [0, 0.1) is 13.8 Å². The predicted molar refractivity (Wildman–Crippen MR) is 110 cm³/mol. The van der Waals surface area contributed by atoms with E-state index in [1.54, 1.807) is 18.2 Å². The van der Waals surface area contributed by atoms with Gasteiger partial charge in [-0.05, 0) is 64.8 Å². The summed E-state index contributed by atoms with van der Waals surface area (Å²) in [4.78, 5) is 23.6. The highest BCUT2D eigenvalue weighted by Crippen LogP contribution is 2.29. The number of hydrogen-bond donors (Lipinski definition) is 0. The molecule has 1 aromatic carbocycles. The molecule has 3 rings (SSSR count). The summed E-state index contributed by atoms with van der Waals surface area (Å²) in [5.74, 6) is 1.20. The normalized spacial score (nSPS) is 16.4. The largest absolute Gasteiger partial charge is 0.490 e. The van der Waals surface area contributed by atoms with Crippen LogP contribution in [-0.2, 0) is 0 Å². The molecule has 2 heterocycles. The maximum Gasteiger partial charge on any atom is 0.317 e. The van der Waals surface area contributed by atoms with Crippen molar-refractivity contribution in [3.63, 3.8) is 0 Å². The SMILES string of the molecule is CCOc1ccc(C(=O)N2CCCC(Oc3nc(C)cc(C)n3)C2)cc1OCC. The fraction of sp³-hybridized carbons (Fsp3) is 0.500. The number of nitrogens with zero attached hydrogens (tertiary/aromatic N) is 3. The Labute approximate surface area is 172 Å². The van der Waals surface area contributed by atoms with E-state index in [1.165, 1.54) is 0 Å². The van der Waals surface area contributed by atoms with E-state index in [0.29, 0.717) is 49.4 Å². The van der Waals surface area contributed by atoms with Gasteiger partial charge in [0.1, 0.15) is 6.10 Å². The zero-order chi connectivity index (χ0) is 20.8. The molecule has 1 unspecified atom stereocenters. The predicted octanol–water partition coefficient (Wildman–Crippen LogP) is 3.57. The van der Waals surface area contributed by atoms with Crippen molar-refractivity contribution in [1.82, 2.24) is 14.9 Å². The van der Waals surface area contributed by atoms with E-state index in [2.05, 4.69) is 9.97 Å². The van der Waals surface area contributed by atoms with E-state index < -0.39 is 0 Å². The highest BCUT2D eigenvalue weighted by molar-refractivity contribution is 5.95. The van der Waals surface area contributed by atoms with Crippen LogP contribution in [-0.4, -0.2) is 53.2 Å². The van der Waals surface area contributed by atoms with Gasteiger partial charge < -0.3 is 19.1 Å². The van der Waals surface area contributed by atoms with Crippen molar-refractivity contribution in [1.29, 1.82) is 0 Å². The third-order valence-corrected chi connectivity index (χ3v) is 4.69. The van der Waals surface area contributed by atoms with Crippen LogP contribution in [0.25, 0.3) is 0 Å². The van der Waals surface area contributed by atoms with Crippen LogP contribution < -0.4 is 14.2 Å². The topological polar surface area (TPSA) is 73.8 Å². The Bertz CT molecular complexity index is 836. The molecule has 7 heteroatoms. The standard InChI is InChI=1S/C22H29N3O4/c1-5-27-19-10-9-17(13-20(19)28-6-2)21(26)25-11-7-8-18(14-25)29-22-23-15(3)12-16(4)24-22/h9-10,12-13,18H,5-8,11,14H2,1-4H3. The van der Waals surface area contributed by atoms with Gasteiger partial charge in [-0.3, -0.25) is 4.79 Å². The lowest BCUT2D eigenvalue weighted by atomic mass is 10.1. The number of aromatic nitrogens is 2. The van der Waals surface area contributed by atoms with Gasteiger partial charge in [0.2, 0.25) is 0 Å². The maximum absolute atomic E-state index is 13.1. The summed E-state index contributed by atoms with van der Waals surface area (Å²) in [7, 11) is 0. The van der Waals surface area contributed by atoms with Crippen LogP contribution in [0.5, 0.6) is 17.5 Å². The molecule has 29 heavy (non-hydrogen) atoms. The number of benzene rings is 1. The molecule has 0 radical (unpaired) electrons. The number of likely N-dealkylation sites (tertiary alicyclic amines) is 1. The molecular formula is C22H29N3O4. The number of aryl methyl sites for hydroxylation is 2. The molecule has 156 valence electrons. The summed E-state index contributed by atoms with van der Waals surface area (Å²) in [6.07, 6.45) is 1.62. The highest BCUT2D eigenvalue weighted by atomic mass is 16.5. The first-order valence-corrected chi connectivity index (χ1v) is 10.2. The molecule has 1 atom stereocenters. The summed E-state index contributed by atoms with van der Waals surface area (Å²) in [6.45, 7) is 9.91. The minimum Gasteiger partial charge on any atom is -0.490 e. The zero-order valence-electron chi connectivity index (χ0n) is 17.6. The average Bonchev–Trinajstić information content (AvgIpc) is 2.68. The van der Waals surface area contributed by atoms with Gasteiger partial charge in [-0.25, -0.2) is 9.97 Å². The van der Waals surface area contributed by atoms with Gasteiger partial charge >= 0.3 is 6.01 Å². The molecule has 1 amide bonds. The first-order valence-electron chi connectivity index (χ1n) is 10.2. The summed E-state index contributed by atoms with van der Waals surface area (Å²) in [6, 6.07) is 7.62. The smallest absolute Gasteiger partial charge is 0.317 e. The maximum atomic E-state index is 13.1. The Morgan fingerprint density at radius 3 is 2.45 bits per heavy atom. The summed E-state index contributed by atoms with van der Waals surface area (Å²) >= 11 is 0. The van der Waals surface area contributed by atoms with Gasteiger partial charge in [-0.15, -0.1) is 0 Å². The lowest BCUT2D eigenvalue weighted by molar-refractivity contribution is 0.0514. The third kappa shape index (κ3) is 5.37. The second-order valence-electron chi connectivity index (χ2n) is 7.09. The molecule has 1 fully saturated rings. The summed E-state index contributed by atoms with van der Waals surface area (Å²) in [5.41, 5.74) is 2.32. The summed E-state index contributed by atoms with van der Waals surface area (Å²) < 4.78 is 17.2. The van der Waals surface area contributed by atoms with E-state index in [-0.39, 0.29) is 12.0 Å². The summed E-state index contributed by atoms with van der Waals surface area (Å²) in [5, 5.41) is 0. The van der Waals surface area contributed by atoms with Crippen LogP contribution in [0.2, 0.25) is 0 Å². The van der Waals surface area contributed by atoms with Crippen molar-refractivity contribution in [2.45, 2.75) is 46.6 Å². The number of hydrogen-bond acceptors (Lipinski definition) is 6. The molecule has 0 aliphatic carbocycles. The monoisotopic (exact) mass is 399 g/mol. The molecule has 2 aromatic rings. The molecule has 0 N–H and O–H groups in total. The molecule has 1 aliphatic rings. The second-order valence-corrected chi connectivity index (χ2v) is 7.09. The van der Waals surface area contributed by atoms with Gasteiger partial charge in [0.15, 0.2) is 11.5 Å². The number of rotatable bonds is 7. The van der Waals surface area contributed by atoms with Crippen molar-refractivity contribution in [3.8, 4) is 17.5 Å². The van der Waals surface area contributed by atoms with Crippen molar-refractivity contribution in [2.24, 2.45) is 0 Å². The minimum atomic E-state index is -0.122. The van der Waals surface area contributed by atoms with Gasteiger partial charge in [0.25, 0.3) is 5.91 Å². The van der Waals surface area contributed by atoms with Crippen LogP contribution in [0.15, 0.2) is 24.3 Å². The number of carbonyl (C=O) groups is 1. The third-order valence-electron chi connectivity index (χ3n) is 4.69. The fourth-order valence-electron chi connectivity index (χ4n) is 3.48. The molecule has 0 saturated carbocycles. The molecule has 1 aromatic heterocycles. The first-order chi connectivity index (χ1) is 14.0. The Hall–Kier alpha value is -2.83. The van der Waals surface area contributed by atoms with Crippen LogP contribution in [0.3, 0.4) is 0 Å². The van der Waals surface area contributed by atoms with Gasteiger partial charge in [-0.2, -0.15) is 0 Å². The van der Waals surface area contributed by atoms with Crippen molar-refractivity contribution >= 4 is 5.91 Å². The number of carbonyl (C=O) groups excluding carboxylic acids is 1. The molecule has 0 bridgehead atoms. The van der Waals surface area contributed by atoms with Gasteiger partial charge in [-0.1, -0.05) is 0 Å². The Morgan fingerprint density at radius 2 is 1.76 bits per heavy atom. The molecular weight excluding hydrogens is 370 g/mol. The average molecular weight is 399 g/mol. The quantitative estimate of drug-likeness (QED) is 0.709. The Balaban J connectivity index is 1.71. The van der Waals surface area contributed by atoms with Crippen LogP contribution in [0.4, 0.5) is 0 Å². The molecule has 0 spiro atoms. The second kappa shape index (κ2) is 9.58. The number of piperidine rings is 1. The number of ether oxygens (including phenoxy) is 3. The highest BCUT2D eigenvalue weighted by Gasteiger charge is 2.27. The molecule has 1 saturated heterocycles. The lowest BCUT2D eigenvalue weighted by Crippen LogP contribution is -2.44. The van der Waals surface area contributed by atoms with E-state index in [4.69, 9.17) is 14.2 Å². The van der Waals surface area contributed by atoms with E-state index >= 15 is 0 Å². The zero-order valence-corrected chi connectivity index (χ0v) is 17.6. The Kier molecular flexibility index (Phi) is 6.90. The minimum absolute atomic E-state index is 0.0383. The van der Waals surface area contributed by atoms with Crippen LogP contribution in [0.1, 0.15) is 48.4 Å². The molecule has 1 aliphatic heterocycles. The first kappa shape index (κ1) is 20.9. The molecule has 7 nitrogen and oxygen atoms in total. The van der Waals surface area contributed by atoms with Crippen molar-refractivity contribution < 1.29 is 19.0 Å². The van der Waals surface area contributed by atoms with E-state index in [0.717, 1.165) is 24.2 Å². The van der Waals surface area contributed by atoms with Gasteiger partial charge in [0.05, 0.1) is 19.8 Å². The lowest BCUT2D eigenvalue weighted by Gasteiger charge is -2.32. The Morgan fingerprint density at radius 1 is 1.07 bits per heavy atom. The van der Waals surface area contributed by atoms with Crippen molar-refractivity contribution in [2.75, 3.05) is 26.3 Å². The van der Waals surface area contributed by atoms with E-state index in [1.807, 2.05) is 38.7 Å². The van der Waals surface area contributed by atoms with Crippen molar-refractivity contribution in [3.05, 3.63) is 41.2 Å². The number of amides is 1. The van der Waals surface area contributed by atoms with E-state index in [9.17, 15) is 4.79 Å². The van der Waals surface area contributed by atoms with Gasteiger partial charge in [0, 0.05) is 23.5 Å².